The third-order valence-electron chi connectivity index (χ3n) is 2.91. The van der Waals surface area contributed by atoms with E-state index in [4.69, 9.17) is 0 Å². The van der Waals surface area contributed by atoms with E-state index in [2.05, 4.69) is 25.3 Å². The molecule has 2 aromatic heterocycles. The van der Waals surface area contributed by atoms with E-state index >= 15 is 0 Å². The number of hydrogen-bond acceptors (Lipinski definition) is 6. The highest BCUT2D eigenvalue weighted by molar-refractivity contribution is 7.89. The predicted octanol–water partition coefficient (Wildman–Crippen LogP) is 0.794. The molecule has 22 heavy (non-hydrogen) atoms. The summed E-state index contributed by atoms with van der Waals surface area (Å²) in [6, 6.07) is 5.36. The van der Waals surface area contributed by atoms with Crippen molar-refractivity contribution < 1.29 is 8.42 Å². The molecule has 2 N–H and O–H groups in total. The highest BCUT2D eigenvalue weighted by atomic mass is 32.2. The van der Waals surface area contributed by atoms with Gasteiger partial charge < -0.3 is 5.32 Å². The van der Waals surface area contributed by atoms with Gasteiger partial charge in [0.2, 0.25) is 10.0 Å². The van der Waals surface area contributed by atoms with Crippen molar-refractivity contribution in [3.63, 3.8) is 0 Å². The summed E-state index contributed by atoms with van der Waals surface area (Å²) in [5, 5.41) is 15.1. The van der Waals surface area contributed by atoms with E-state index in [1.807, 2.05) is 6.92 Å². The maximum Gasteiger partial charge on any atom is 0.211 e. The SMILES string of the molecule is CCCCS(=O)(=O)NCCNc1ccc(-n2cccn2)nn1. The molecule has 0 saturated heterocycles. The minimum Gasteiger partial charge on any atom is -0.367 e. The summed E-state index contributed by atoms with van der Waals surface area (Å²) in [6.07, 6.45) is 4.97. The van der Waals surface area contributed by atoms with E-state index in [0.717, 1.165) is 6.42 Å². The summed E-state index contributed by atoms with van der Waals surface area (Å²) in [5.41, 5.74) is 0. The molecule has 0 spiro atoms. The Balaban J connectivity index is 1.76. The maximum atomic E-state index is 11.6. The Morgan fingerprint density at radius 2 is 2.09 bits per heavy atom. The van der Waals surface area contributed by atoms with Crippen molar-refractivity contribution in [2.45, 2.75) is 19.8 Å². The smallest absolute Gasteiger partial charge is 0.211 e. The van der Waals surface area contributed by atoms with Crippen molar-refractivity contribution in [2.75, 3.05) is 24.2 Å². The molecule has 2 heterocycles. The zero-order valence-corrected chi connectivity index (χ0v) is 13.3. The lowest BCUT2D eigenvalue weighted by Gasteiger charge is -2.08. The normalized spacial score (nSPS) is 11.5. The van der Waals surface area contributed by atoms with Crippen LogP contribution in [0.4, 0.5) is 5.82 Å². The fraction of sp³-hybridized carbons (Fsp3) is 0.462. The second-order valence-corrected chi connectivity index (χ2v) is 6.65. The lowest BCUT2D eigenvalue weighted by Crippen LogP contribution is -2.31. The van der Waals surface area contributed by atoms with Crippen LogP contribution in [-0.4, -0.2) is 47.2 Å². The van der Waals surface area contributed by atoms with E-state index in [1.54, 1.807) is 35.3 Å². The Bertz CT molecular complexity index is 654. The van der Waals surface area contributed by atoms with Gasteiger partial charge in [-0.2, -0.15) is 5.10 Å². The van der Waals surface area contributed by atoms with E-state index in [1.165, 1.54) is 0 Å². The van der Waals surface area contributed by atoms with Gasteiger partial charge in [-0.3, -0.25) is 0 Å². The number of anilines is 1. The zero-order valence-electron chi connectivity index (χ0n) is 12.4. The minimum atomic E-state index is -3.17. The second-order valence-electron chi connectivity index (χ2n) is 4.72. The van der Waals surface area contributed by atoms with Gasteiger partial charge in [0.25, 0.3) is 0 Å². The van der Waals surface area contributed by atoms with Crippen LogP contribution in [-0.2, 0) is 10.0 Å². The van der Waals surface area contributed by atoms with E-state index < -0.39 is 10.0 Å². The lowest BCUT2D eigenvalue weighted by atomic mass is 10.4. The molecule has 2 rings (SSSR count). The van der Waals surface area contributed by atoms with Crippen LogP contribution in [0.15, 0.2) is 30.6 Å². The summed E-state index contributed by atoms with van der Waals surface area (Å²) < 4.78 is 27.4. The highest BCUT2D eigenvalue weighted by Gasteiger charge is 2.08. The first-order valence-electron chi connectivity index (χ1n) is 7.15. The molecule has 0 amide bonds. The third-order valence-corrected chi connectivity index (χ3v) is 4.38. The highest BCUT2D eigenvalue weighted by Crippen LogP contribution is 2.04. The standard InChI is InChI=1S/C13H20N6O2S/c1-2-3-11-22(20,21)16-9-8-14-12-5-6-13(18-17-12)19-10-4-7-15-19/h4-7,10,16H,2-3,8-9,11H2,1H3,(H,14,17). The molecule has 0 atom stereocenters. The van der Waals surface area contributed by atoms with Gasteiger partial charge in [-0.25, -0.2) is 17.8 Å². The fourth-order valence-electron chi connectivity index (χ4n) is 1.75. The van der Waals surface area contributed by atoms with Gasteiger partial charge in [0.1, 0.15) is 5.82 Å². The molecule has 0 radical (unpaired) electrons. The second kappa shape index (κ2) is 7.85. The van der Waals surface area contributed by atoms with Gasteiger partial charge in [-0.05, 0) is 24.6 Å². The van der Waals surface area contributed by atoms with E-state index in [-0.39, 0.29) is 5.75 Å². The molecule has 0 fully saturated rings. The first kappa shape index (κ1) is 16.4. The molecule has 9 heteroatoms. The van der Waals surface area contributed by atoms with Crippen molar-refractivity contribution in [3.05, 3.63) is 30.6 Å². The van der Waals surface area contributed by atoms with Crippen LogP contribution in [0.5, 0.6) is 0 Å². The Morgan fingerprint density at radius 3 is 2.73 bits per heavy atom. The molecular formula is C13H20N6O2S. The minimum absolute atomic E-state index is 0.169. The van der Waals surface area contributed by atoms with E-state index in [9.17, 15) is 8.42 Å². The molecular weight excluding hydrogens is 304 g/mol. The Hall–Kier alpha value is -2.00. The van der Waals surface area contributed by atoms with Crippen LogP contribution >= 0.6 is 0 Å². The molecule has 0 aliphatic carbocycles. The maximum absolute atomic E-state index is 11.6. The monoisotopic (exact) mass is 324 g/mol. The molecule has 0 saturated carbocycles. The van der Waals surface area contributed by atoms with Gasteiger partial charge in [-0.1, -0.05) is 13.3 Å². The largest absolute Gasteiger partial charge is 0.367 e. The third kappa shape index (κ3) is 5.08. The number of nitrogens with one attached hydrogen (secondary N) is 2. The summed E-state index contributed by atoms with van der Waals surface area (Å²) in [4.78, 5) is 0. The first-order chi connectivity index (χ1) is 10.6. The van der Waals surface area contributed by atoms with Gasteiger partial charge in [0, 0.05) is 25.5 Å². The molecule has 2 aromatic rings. The van der Waals surface area contributed by atoms with Crippen LogP contribution in [0.1, 0.15) is 19.8 Å². The number of hydrogen-bond donors (Lipinski definition) is 2. The van der Waals surface area contributed by atoms with Crippen molar-refractivity contribution in [2.24, 2.45) is 0 Å². The van der Waals surface area contributed by atoms with Crippen LogP contribution in [0, 0.1) is 0 Å². The summed E-state index contributed by atoms with van der Waals surface area (Å²) in [7, 11) is -3.17. The zero-order chi connectivity index (χ0) is 15.8. The molecule has 8 nitrogen and oxygen atoms in total. The van der Waals surface area contributed by atoms with Crippen molar-refractivity contribution in [1.29, 1.82) is 0 Å². The van der Waals surface area contributed by atoms with Gasteiger partial charge in [0.05, 0.1) is 5.75 Å². The van der Waals surface area contributed by atoms with Crippen LogP contribution in [0.25, 0.3) is 5.82 Å². The van der Waals surface area contributed by atoms with Crippen LogP contribution < -0.4 is 10.0 Å². The Labute approximate surface area is 130 Å². The topological polar surface area (TPSA) is 102 Å². The Morgan fingerprint density at radius 1 is 1.23 bits per heavy atom. The molecule has 0 aromatic carbocycles. The molecule has 0 bridgehead atoms. The Kier molecular flexibility index (Phi) is 5.84. The number of unbranched alkanes of at least 4 members (excludes halogenated alkanes) is 1. The average molecular weight is 324 g/mol. The van der Waals surface area contributed by atoms with Crippen molar-refractivity contribution in [1.82, 2.24) is 24.7 Å². The van der Waals surface area contributed by atoms with Crippen molar-refractivity contribution in [3.8, 4) is 5.82 Å². The quantitative estimate of drug-likeness (QED) is 0.661. The summed E-state index contributed by atoms with van der Waals surface area (Å²) in [5.74, 6) is 1.38. The van der Waals surface area contributed by atoms with Gasteiger partial charge in [0.15, 0.2) is 5.82 Å². The summed E-state index contributed by atoms with van der Waals surface area (Å²) in [6.45, 7) is 2.72. The van der Waals surface area contributed by atoms with Crippen LogP contribution in [0.3, 0.4) is 0 Å². The number of nitrogens with zero attached hydrogens (tertiary/aromatic N) is 4. The van der Waals surface area contributed by atoms with Crippen LogP contribution in [0.2, 0.25) is 0 Å². The van der Waals surface area contributed by atoms with Gasteiger partial charge in [-0.15, -0.1) is 10.2 Å². The average Bonchev–Trinajstić information content (AvgIpc) is 3.05. The number of sulfonamides is 1. The molecule has 0 aliphatic heterocycles. The summed E-state index contributed by atoms with van der Waals surface area (Å²) >= 11 is 0. The predicted molar refractivity (Wildman–Crippen MR) is 84.3 cm³/mol. The lowest BCUT2D eigenvalue weighted by molar-refractivity contribution is 0.579. The molecule has 0 unspecified atom stereocenters. The van der Waals surface area contributed by atoms with Crippen molar-refractivity contribution >= 4 is 15.8 Å². The van der Waals surface area contributed by atoms with E-state index in [0.29, 0.717) is 31.1 Å². The number of aromatic nitrogens is 4. The first-order valence-corrected chi connectivity index (χ1v) is 8.81. The molecule has 0 aliphatic rings. The fourth-order valence-corrected chi connectivity index (χ4v) is 2.98. The van der Waals surface area contributed by atoms with Gasteiger partial charge >= 0.3 is 0 Å². The molecule has 120 valence electrons. The number of rotatable bonds is 9.